The molecule has 3 nitrogen and oxygen atoms in total. The SMILES string of the molecule is CCNc1ncccc1CSCCO. The second-order valence-electron chi connectivity index (χ2n) is 2.82. The summed E-state index contributed by atoms with van der Waals surface area (Å²) < 4.78 is 0. The van der Waals surface area contributed by atoms with Gasteiger partial charge in [0.15, 0.2) is 0 Å². The molecule has 0 aliphatic rings. The first-order valence-corrected chi connectivity index (χ1v) is 5.90. The molecule has 1 aromatic heterocycles. The summed E-state index contributed by atoms with van der Waals surface area (Å²) in [4.78, 5) is 4.26. The molecule has 0 atom stereocenters. The van der Waals surface area contributed by atoms with Crippen molar-refractivity contribution in [3.05, 3.63) is 23.9 Å². The molecule has 0 bridgehead atoms. The minimum atomic E-state index is 0.238. The van der Waals surface area contributed by atoms with E-state index in [0.29, 0.717) is 0 Å². The average molecular weight is 212 g/mol. The molecule has 0 aliphatic heterocycles. The van der Waals surface area contributed by atoms with Crippen molar-refractivity contribution in [2.45, 2.75) is 12.7 Å². The predicted octanol–water partition coefficient (Wildman–Crippen LogP) is 1.74. The van der Waals surface area contributed by atoms with Gasteiger partial charge in [0.2, 0.25) is 0 Å². The van der Waals surface area contributed by atoms with Crippen LogP contribution >= 0.6 is 11.8 Å². The van der Waals surface area contributed by atoms with Crippen LogP contribution in [0.3, 0.4) is 0 Å². The van der Waals surface area contributed by atoms with Gasteiger partial charge in [-0.25, -0.2) is 4.98 Å². The number of hydrogen-bond acceptors (Lipinski definition) is 4. The molecule has 0 aliphatic carbocycles. The van der Waals surface area contributed by atoms with Gasteiger partial charge in [0.05, 0.1) is 6.61 Å². The van der Waals surface area contributed by atoms with Gasteiger partial charge >= 0.3 is 0 Å². The van der Waals surface area contributed by atoms with E-state index in [9.17, 15) is 0 Å². The number of aliphatic hydroxyl groups excluding tert-OH is 1. The van der Waals surface area contributed by atoms with Gasteiger partial charge in [-0.3, -0.25) is 0 Å². The fraction of sp³-hybridized carbons (Fsp3) is 0.500. The fourth-order valence-electron chi connectivity index (χ4n) is 1.13. The van der Waals surface area contributed by atoms with Gasteiger partial charge < -0.3 is 10.4 Å². The molecular formula is C10H16N2OS. The van der Waals surface area contributed by atoms with Crippen molar-refractivity contribution in [1.82, 2.24) is 4.98 Å². The standard InChI is InChI=1S/C10H16N2OS/c1-2-11-10-9(4-3-5-12-10)8-14-7-6-13/h3-5,13H,2,6-8H2,1H3,(H,11,12). The highest BCUT2D eigenvalue weighted by atomic mass is 32.2. The van der Waals surface area contributed by atoms with Gasteiger partial charge in [-0.05, 0) is 13.0 Å². The van der Waals surface area contributed by atoms with Crippen molar-refractivity contribution in [2.75, 3.05) is 24.2 Å². The number of nitrogens with one attached hydrogen (secondary N) is 1. The van der Waals surface area contributed by atoms with Gasteiger partial charge in [-0.1, -0.05) is 6.07 Å². The Balaban J connectivity index is 2.55. The molecule has 0 spiro atoms. The lowest BCUT2D eigenvalue weighted by Crippen LogP contribution is -2.02. The summed E-state index contributed by atoms with van der Waals surface area (Å²) in [5.74, 6) is 2.64. The normalized spacial score (nSPS) is 10.1. The smallest absolute Gasteiger partial charge is 0.129 e. The molecular weight excluding hydrogens is 196 g/mol. The number of aliphatic hydroxyl groups is 1. The summed E-state index contributed by atoms with van der Waals surface area (Å²) >= 11 is 1.72. The number of aromatic nitrogens is 1. The Kier molecular flexibility index (Phi) is 5.40. The fourth-order valence-corrected chi connectivity index (χ4v) is 1.85. The van der Waals surface area contributed by atoms with Crippen molar-refractivity contribution in [3.8, 4) is 0 Å². The molecule has 0 unspecified atom stereocenters. The first kappa shape index (κ1) is 11.3. The highest BCUT2D eigenvalue weighted by Crippen LogP contribution is 2.17. The number of anilines is 1. The lowest BCUT2D eigenvalue weighted by Gasteiger charge is -2.08. The molecule has 1 aromatic rings. The number of thioether (sulfide) groups is 1. The lowest BCUT2D eigenvalue weighted by atomic mass is 10.3. The summed E-state index contributed by atoms with van der Waals surface area (Å²) in [7, 11) is 0. The first-order chi connectivity index (χ1) is 6.88. The Labute approximate surface area is 88.9 Å². The molecule has 1 rings (SSSR count). The molecule has 0 saturated heterocycles. The van der Waals surface area contributed by atoms with E-state index in [1.54, 1.807) is 18.0 Å². The highest BCUT2D eigenvalue weighted by Gasteiger charge is 2.01. The van der Waals surface area contributed by atoms with Crippen LogP contribution in [0.2, 0.25) is 0 Å². The van der Waals surface area contributed by atoms with Crippen LogP contribution in [0.25, 0.3) is 0 Å². The van der Waals surface area contributed by atoms with E-state index >= 15 is 0 Å². The third-order valence-electron chi connectivity index (χ3n) is 1.73. The van der Waals surface area contributed by atoms with E-state index < -0.39 is 0 Å². The molecule has 2 N–H and O–H groups in total. The van der Waals surface area contributed by atoms with Gasteiger partial charge in [0, 0.05) is 29.8 Å². The van der Waals surface area contributed by atoms with Crippen LogP contribution in [0.1, 0.15) is 12.5 Å². The Morgan fingerprint density at radius 2 is 2.43 bits per heavy atom. The zero-order valence-electron chi connectivity index (χ0n) is 8.36. The van der Waals surface area contributed by atoms with Crippen LogP contribution in [0.5, 0.6) is 0 Å². The van der Waals surface area contributed by atoms with Crippen molar-refractivity contribution in [2.24, 2.45) is 0 Å². The van der Waals surface area contributed by atoms with E-state index in [1.165, 1.54) is 5.56 Å². The van der Waals surface area contributed by atoms with E-state index in [2.05, 4.69) is 23.3 Å². The average Bonchev–Trinajstić information content (AvgIpc) is 2.21. The van der Waals surface area contributed by atoms with Gasteiger partial charge in [-0.15, -0.1) is 0 Å². The predicted molar refractivity (Wildman–Crippen MR) is 61.6 cm³/mol. The summed E-state index contributed by atoms with van der Waals surface area (Å²) in [6, 6.07) is 4.01. The van der Waals surface area contributed by atoms with Crippen LogP contribution < -0.4 is 5.32 Å². The third kappa shape index (κ3) is 3.55. The van der Waals surface area contributed by atoms with Crippen molar-refractivity contribution < 1.29 is 5.11 Å². The van der Waals surface area contributed by atoms with E-state index in [0.717, 1.165) is 23.9 Å². The molecule has 0 radical (unpaired) electrons. The van der Waals surface area contributed by atoms with Gasteiger partial charge in [-0.2, -0.15) is 11.8 Å². The lowest BCUT2D eigenvalue weighted by molar-refractivity contribution is 0.322. The molecule has 78 valence electrons. The highest BCUT2D eigenvalue weighted by molar-refractivity contribution is 7.98. The number of nitrogens with zero attached hydrogens (tertiary/aromatic N) is 1. The van der Waals surface area contributed by atoms with Crippen LogP contribution in [0.15, 0.2) is 18.3 Å². The number of rotatable bonds is 6. The van der Waals surface area contributed by atoms with Crippen LogP contribution in [-0.4, -0.2) is 29.0 Å². The zero-order valence-corrected chi connectivity index (χ0v) is 9.18. The van der Waals surface area contributed by atoms with Crippen molar-refractivity contribution >= 4 is 17.6 Å². The van der Waals surface area contributed by atoms with Crippen molar-refractivity contribution in [3.63, 3.8) is 0 Å². The molecule has 4 heteroatoms. The first-order valence-electron chi connectivity index (χ1n) is 4.74. The Hall–Kier alpha value is -0.740. The minimum absolute atomic E-state index is 0.238. The van der Waals surface area contributed by atoms with Crippen LogP contribution in [0, 0.1) is 0 Å². The Bertz CT molecular complexity index is 268. The van der Waals surface area contributed by atoms with Crippen LogP contribution in [0.4, 0.5) is 5.82 Å². The van der Waals surface area contributed by atoms with Crippen LogP contribution in [-0.2, 0) is 5.75 Å². The molecule has 1 heterocycles. The second kappa shape index (κ2) is 6.68. The van der Waals surface area contributed by atoms with Gasteiger partial charge in [0.1, 0.15) is 5.82 Å². The van der Waals surface area contributed by atoms with E-state index in [4.69, 9.17) is 5.11 Å². The molecule has 0 amide bonds. The maximum Gasteiger partial charge on any atom is 0.129 e. The Morgan fingerprint density at radius 1 is 1.57 bits per heavy atom. The molecule has 0 fully saturated rings. The second-order valence-corrected chi connectivity index (χ2v) is 3.92. The van der Waals surface area contributed by atoms with E-state index in [-0.39, 0.29) is 6.61 Å². The summed E-state index contributed by atoms with van der Waals surface area (Å²) in [5, 5.41) is 11.9. The Morgan fingerprint density at radius 3 is 3.14 bits per heavy atom. The monoisotopic (exact) mass is 212 g/mol. The van der Waals surface area contributed by atoms with Crippen molar-refractivity contribution in [1.29, 1.82) is 0 Å². The summed E-state index contributed by atoms with van der Waals surface area (Å²) in [5.41, 5.74) is 1.20. The molecule has 14 heavy (non-hydrogen) atoms. The number of hydrogen-bond donors (Lipinski definition) is 2. The summed E-state index contributed by atoms with van der Waals surface area (Å²) in [6.45, 7) is 3.18. The third-order valence-corrected chi connectivity index (χ3v) is 2.72. The van der Waals surface area contributed by atoms with E-state index in [1.807, 2.05) is 6.07 Å². The molecule has 0 aromatic carbocycles. The largest absolute Gasteiger partial charge is 0.396 e. The maximum atomic E-state index is 8.66. The number of pyridine rings is 1. The topological polar surface area (TPSA) is 45.2 Å². The minimum Gasteiger partial charge on any atom is -0.396 e. The maximum absolute atomic E-state index is 8.66. The quantitative estimate of drug-likeness (QED) is 0.705. The zero-order chi connectivity index (χ0) is 10.2. The summed E-state index contributed by atoms with van der Waals surface area (Å²) in [6.07, 6.45) is 1.79. The van der Waals surface area contributed by atoms with Gasteiger partial charge in [0.25, 0.3) is 0 Å². The molecule has 0 saturated carbocycles.